The molecule has 0 radical (unpaired) electrons. The molecule has 0 amide bonds. The van der Waals surface area contributed by atoms with Gasteiger partial charge in [0.15, 0.2) is 0 Å². The molecule has 1 fully saturated rings. The summed E-state index contributed by atoms with van der Waals surface area (Å²) in [7, 11) is 0. The van der Waals surface area contributed by atoms with Gasteiger partial charge in [-0.15, -0.1) is 0 Å². The first-order valence-electron chi connectivity index (χ1n) is 11.4. The standard InChI is InChI=1S/C25H42O3/c1-18(2)9-7-10-19(3)11-8-13-23(27)25-22-16-20(12-5-4-6-14-26)15-21(22)17-24(25)28/h9,13,15,19,21-22,24-28H,4-8,10-12,14,16-17H2,1-3H3/t19-,21-,22-,24-,25+/m1/s1. The largest absolute Gasteiger partial charge is 0.512 e. The van der Waals surface area contributed by atoms with E-state index in [2.05, 4.69) is 32.9 Å². The van der Waals surface area contributed by atoms with Crippen LogP contribution < -0.4 is 0 Å². The summed E-state index contributed by atoms with van der Waals surface area (Å²) >= 11 is 0. The van der Waals surface area contributed by atoms with Crippen molar-refractivity contribution in [2.24, 2.45) is 23.7 Å². The molecular weight excluding hydrogens is 348 g/mol. The third-order valence-electron chi connectivity index (χ3n) is 6.61. The van der Waals surface area contributed by atoms with Gasteiger partial charge in [-0.2, -0.15) is 0 Å². The summed E-state index contributed by atoms with van der Waals surface area (Å²) in [6, 6.07) is 0. The minimum Gasteiger partial charge on any atom is -0.512 e. The second-order valence-electron chi connectivity index (χ2n) is 9.39. The highest BCUT2D eigenvalue weighted by atomic mass is 16.3. The van der Waals surface area contributed by atoms with Gasteiger partial charge < -0.3 is 15.3 Å². The predicted octanol–water partition coefficient (Wildman–Crippen LogP) is 6.09. The van der Waals surface area contributed by atoms with E-state index < -0.39 is 6.10 Å². The summed E-state index contributed by atoms with van der Waals surface area (Å²) in [6.07, 6.45) is 16.5. The Morgan fingerprint density at radius 2 is 1.86 bits per heavy atom. The number of allylic oxidation sites excluding steroid dienone is 5. The van der Waals surface area contributed by atoms with Gasteiger partial charge >= 0.3 is 0 Å². The van der Waals surface area contributed by atoms with Gasteiger partial charge in [-0.1, -0.05) is 36.6 Å². The molecule has 3 heteroatoms. The van der Waals surface area contributed by atoms with Crippen LogP contribution >= 0.6 is 0 Å². The van der Waals surface area contributed by atoms with Crippen molar-refractivity contribution in [3.8, 4) is 0 Å². The molecule has 0 aromatic rings. The van der Waals surface area contributed by atoms with Crippen molar-refractivity contribution in [2.75, 3.05) is 6.61 Å². The third-order valence-corrected chi connectivity index (χ3v) is 6.61. The Labute approximate surface area is 172 Å². The van der Waals surface area contributed by atoms with Crippen LogP contribution in [0.5, 0.6) is 0 Å². The van der Waals surface area contributed by atoms with E-state index in [4.69, 9.17) is 5.11 Å². The lowest BCUT2D eigenvalue weighted by Gasteiger charge is -2.21. The lowest BCUT2D eigenvalue weighted by atomic mass is 9.87. The minimum absolute atomic E-state index is 0.0860. The monoisotopic (exact) mass is 390 g/mol. The summed E-state index contributed by atoms with van der Waals surface area (Å²) in [5.41, 5.74) is 2.87. The van der Waals surface area contributed by atoms with Crippen molar-refractivity contribution in [1.82, 2.24) is 0 Å². The van der Waals surface area contributed by atoms with Crippen LogP contribution in [0.4, 0.5) is 0 Å². The molecule has 0 bridgehead atoms. The topological polar surface area (TPSA) is 60.7 Å². The zero-order valence-electron chi connectivity index (χ0n) is 18.2. The number of aliphatic hydroxyl groups excluding tert-OH is 3. The molecular formula is C25H42O3. The van der Waals surface area contributed by atoms with E-state index >= 15 is 0 Å². The van der Waals surface area contributed by atoms with Crippen molar-refractivity contribution in [3.63, 3.8) is 0 Å². The van der Waals surface area contributed by atoms with Gasteiger partial charge in [0.25, 0.3) is 0 Å². The van der Waals surface area contributed by atoms with E-state index in [0.717, 1.165) is 57.8 Å². The molecule has 160 valence electrons. The maximum atomic E-state index is 10.7. The highest BCUT2D eigenvalue weighted by Crippen LogP contribution is 2.49. The Kier molecular flexibility index (Phi) is 9.81. The van der Waals surface area contributed by atoms with Crippen LogP contribution in [-0.2, 0) is 0 Å². The molecule has 0 spiro atoms. The van der Waals surface area contributed by atoms with Crippen molar-refractivity contribution in [3.05, 3.63) is 35.1 Å². The SMILES string of the molecule is CC(C)=CCC[C@@H](C)CCC=C(O)[C@@H]1[C@@H]2CC(CCCCCO)=C[C@@H]2C[C@H]1O. The number of aliphatic hydroxyl groups is 3. The van der Waals surface area contributed by atoms with Gasteiger partial charge in [0.1, 0.15) is 0 Å². The maximum Gasteiger partial charge on any atom is 0.0942 e. The van der Waals surface area contributed by atoms with Crippen LogP contribution in [-0.4, -0.2) is 28.0 Å². The molecule has 2 rings (SSSR count). The van der Waals surface area contributed by atoms with Crippen LogP contribution in [0.2, 0.25) is 0 Å². The van der Waals surface area contributed by atoms with E-state index in [9.17, 15) is 10.2 Å². The summed E-state index contributed by atoms with van der Waals surface area (Å²) in [6.45, 7) is 6.85. The Morgan fingerprint density at radius 1 is 1.14 bits per heavy atom. The Bertz CT molecular complexity index is 556. The average molecular weight is 391 g/mol. The second kappa shape index (κ2) is 11.8. The van der Waals surface area contributed by atoms with Gasteiger partial charge in [0, 0.05) is 12.5 Å². The molecule has 0 aliphatic heterocycles. The first-order valence-corrected chi connectivity index (χ1v) is 11.4. The molecule has 0 aromatic carbocycles. The normalized spacial score (nSPS) is 28.2. The summed E-state index contributed by atoms with van der Waals surface area (Å²) in [5, 5.41) is 30.1. The zero-order chi connectivity index (χ0) is 20.5. The Hall–Kier alpha value is -1.06. The van der Waals surface area contributed by atoms with E-state index in [0.29, 0.717) is 23.5 Å². The van der Waals surface area contributed by atoms with Crippen LogP contribution in [0.25, 0.3) is 0 Å². The maximum absolute atomic E-state index is 10.7. The molecule has 3 nitrogen and oxygen atoms in total. The number of hydrogen-bond acceptors (Lipinski definition) is 3. The van der Waals surface area contributed by atoms with Crippen LogP contribution in [0.3, 0.4) is 0 Å². The number of unbranched alkanes of at least 4 members (excludes halogenated alkanes) is 2. The molecule has 28 heavy (non-hydrogen) atoms. The Morgan fingerprint density at radius 3 is 2.54 bits per heavy atom. The van der Waals surface area contributed by atoms with E-state index in [1.165, 1.54) is 17.6 Å². The molecule has 2 aliphatic rings. The first kappa shape index (κ1) is 23.2. The summed E-state index contributed by atoms with van der Waals surface area (Å²) in [4.78, 5) is 0. The molecule has 0 heterocycles. The van der Waals surface area contributed by atoms with E-state index in [-0.39, 0.29) is 12.5 Å². The van der Waals surface area contributed by atoms with Crippen molar-refractivity contribution >= 4 is 0 Å². The molecule has 0 unspecified atom stereocenters. The zero-order valence-corrected chi connectivity index (χ0v) is 18.2. The van der Waals surface area contributed by atoms with Gasteiger partial charge in [0.2, 0.25) is 0 Å². The van der Waals surface area contributed by atoms with Crippen LogP contribution in [0.1, 0.15) is 85.0 Å². The fourth-order valence-electron chi connectivity index (χ4n) is 4.99. The summed E-state index contributed by atoms with van der Waals surface area (Å²) in [5.74, 6) is 1.78. The van der Waals surface area contributed by atoms with Gasteiger partial charge in [-0.05, 0) is 95.5 Å². The molecule has 5 atom stereocenters. The fourth-order valence-corrected chi connectivity index (χ4v) is 4.99. The molecule has 1 saturated carbocycles. The highest BCUT2D eigenvalue weighted by Gasteiger charge is 2.46. The van der Waals surface area contributed by atoms with Gasteiger partial charge in [0.05, 0.1) is 11.9 Å². The van der Waals surface area contributed by atoms with Gasteiger partial charge in [-0.3, -0.25) is 0 Å². The molecule has 0 aromatic heterocycles. The van der Waals surface area contributed by atoms with Crippen LogP contribution in [0.15, 0.2) is 35.1 Å². The van der Waals surface area contributed by atoms with Crippen molar-refractivity contribution in [2.45, 2.75) is 91.1 Å². The van der Waals surface area contributed by atoms with Gasteiger partial charge in [-0.25, -0.2) is 0 Å². The number of hydrogen-bond donors (Lipinski definition) is 3. The van der Waals surface area contributed by atoms with Crippen molar-refractivity contribution in [1.29, 1.82) is 0 Å². The second-order valence-corrected chi connectivity index (χ2v) is 9.39. The minimum atomic E-state index is -0.409. The number of fused-ring (bicyclic) bond motifs is 1. The first-order chi connectivity index (χ1) is 13.4. The highest BCUT2D eigenvalue weighted by molar-refractivity contribution is 5.22. The smallest absolute Gasteiger partial charge is 0.0942 e. The predicted molar refractivity (Wildman–Crippen MR) is 117 cm³/mol. The average Bonchev–Trinajstić information content (AvgIpc) is 3.14. The summed E-state index contributed by atoms with van der Waals surface area (Å²) < 4.78 is 0. The number of rotatable bonds is 12. The quantitative estimate of drug-likeness (QED) is 0.215. The van der Waals surface area contributed by atoms with Crippen molar-refractivity contribution < 1.29 is 15.3 Å². The van der Waals surface area contributed by atoms with Crippen LogP contribution in [0, 0.1) is 23.7 Å². The lowest BCUT2D eigenvalue weighted by Crippen LogP contribution is -2.21. The van der Waals surface area contributed by atoms with E-state index in [1.54, 1.807) is 0 Å². The van der Waals surface area contributed by atoms with E-state index in [1.807, 2.05) is 6.08 Å². The molecule has 2 aliphatic carbocycles. The fraction of sp³-hybridized carbons (Fsp3) is 0.760. The molecule has 3 N–H and O–H groups in total. The molecule has 0 saturated heterocycles. The lowest BCUT2D eigenvalue weighted by molar-refractivity contribution is 0.109. The third kappa shape index (κ3) is 7.08. The Balaban J connectivity index is 1.79.